The number of rotatable bonds is 67. The van der Waals surface area contributed by atoms with Crippen molar-refractivity contribution in [3.63, 3.8) is 0 Å². The molecule has 2 unspecified atom stereocenters. The molecule has 0 saturated carbocycles. The number of likely N-dealkylation sites (N-methyl/N-ethyl adjacent to an activating group) is 1. The average Bonchev–Trinajstić information content (AvgIpc) is 3.55. The van der Waals surface area contributed by atoms with Crippen LogP contribution in [0.1, 0.15) is 316 Å². The summed E-state index contributed by atoms with van der Waals surface area (Å²) in [6, 6.07) is 0. The topological polar surface area (TPSA) is 111 Å². The first-order valence-corrected chi connectivity index (χ1v) is 36.5. The fourth-order valence-electron chi connectivity index (χ4n) is 10.2. The van der Waals surface area contributed by atoms with Gasteiger partial charge in [-0.2, -0.15) is 0 Å². The fourth-order valence-corrected chi connectivity index (χ4v) is 10.2. The van der Waals surface area contributed by atoms with Crippen LogP contribution in [-0.2, 0) is 33.3 Å². The number of aliphatic carboxylic acids is 1. The molecule has 0 aromatic rings. The van der Waals surface area contributed by atoms with Crippen LogP contribution in [-0.4, -0.2) is 82.3 Å². The monoisotopic (exact) mass is 1230 g/mol. The number of nitrogens with zero attached hydrogens (tertiary/aromatic N) is 1. The molecule has 2 atom stereocenters. The van der Waals surface area contributed by atoms with Crippen LogP contribution in [0.15, 0.2) is 109 Å². The van der Waals surface area contributed by atoms with Gasteiger partial charge in [0.15, 0.2) is 12.4 Å². The highest BCUT2D eigenvalue weighted by Crippen LogP contribution is 2.18. The first-order chi connectivity index (χ1) is 43.1. The third-order valence-corrected chi connectivity index (χ3v) is 15.8. The summed E-state index contributed by atoms with van der Waals surface area (Å²) in [6.45, 7) is 4.67. The smallest absolute Gasteiger partial charge is 0.306 e. The van der Waals surface area contributed by atoms with Gasteiger partial charge in [0.05, 0.1) is 40.3 Å². The molecule has 0 aliphatic heterocycles. The predicted octanol–water partition coefficient (Wildman–Crippen LogP) is 21.6. The van der Waals surface area contributed by atoms with Crippen molar-refractivity contribution in [2.24, 2.45) is 0 Å². The molecule has 0 aromatic heterocycles. The van der Waals surface area contributed by atoms with Crippen molar-refractivity contribution in [1.82, 2.24) is 0 Å². The summed E-state index contributed by atoms with van der Waals surface area (Å²) in [7, 11) is 5.93. The lowest BCUT2D eigenvalue weighted by Gasteiger charge is -2.26. The number of quaternary nitrogens is 1. The highest BCUT2D eigenvalue weighted by Gasteiger charge is 2.22. The third kappa shape index (κ3) is 69.4. The van der Waals surface area contributed by atoms with Crippen molar-refractivity contribution in [3.05, 3.63) is 109 Å². The Hall–Kier alpha value is -4.05. The van der Waals surface area contributed by atoms with E-state index in [4.69, 9.17) is 18.9 Å². The molecule has 0 aliphatic carbocycles. The Morgan fingerprint density at radius 3 is 0.966 bits per heavy atom. The number of carbonyl (C=O) groups excluding carboxylic acids is 3. The van der Waals surface area contributed by atoms with E-state index in [9.17, 15) is 19.5 Å². The standard InChI is InChI=1S/C79H137NO8/c1-6-8-10-12-14-16-18-20-22-24-26-28-30-31-32-33-34-35-36-37-38-39-40-41-42-43-44-45-46-47-48-50-52-54-56-58-60-62-64-66-68-70-77(82)88-75(74-87-79(78(83)84)85-72-71-80(3,4)5)73-86-76(81)69-67-65-63-61-59-57-55-53-51-49-29-27-25-23-21-19-17-15-13-11-9-7-2/h8,10,14,16,20,22,26,28,31-32,34-35,37-38,40-41,43-44,75,79H,6-7,9,11-13,15,17-19,21,23-25,27,29-30,33,36,39,42,45-74H2,1-5H3/b10-8-,16-14-,22-20-,28-26-,32-31-,35-34-,38-37-,41-40-,44-43-. The largest absolute Gasteiger partial charge is 0.545 e. The minimum absolute atomic E-state index is 0.146. The minimum atomic E-state index is -1.62. The number of carbonyl (C=O) groups is 3. The molecule has 0 rings (SSSR count). The Morgan fingerprint density at radius 1 is 0.352 bits per heavy atom. The van der Waals surface area contributed by atoms with Crippen molar-refractivity contribution in [1.29, 1.82) is 0 Å². The van der Waals surface area contributed by atoms with Crippen molar-refractivity contribution in [3.8, 4) is 0 Å². The zero-order valence-corrected chi connectivity index (χ0v) is 57.8. The summed E-state index contributed by atoms with van der Waals surface area (Å²) in [6.07, 6.45) is 93.2. The average molecular weight is 1230 g/mol. The molecule has 0 N–H and O–H groups in total. The Balaban J connectivity index is 4.08. The number of unbranched alkanes of at least 4 members (excludes halogenated alkanes) is 34. The van der Waals surface area contributed by atoms with Gasteiger partial charge in [0, 0.05) is 12.8 Å². The van der Waals surface area contributed by atoms with E-state index in [-0.39, 0.29) is 32.2 Å². The number of hydrogen-bond donors (Lipinski definition) is 0. The van der Waals surface area contributed by atoms with Crippen LogP contribution in [0, 0.1) is 0 Å². The van der Waals surface area contributed by atoms with E-state index in [0.29, 0.717) is 23.9 Å². The number of ether oxygens (including phenoxy) is 4. The normalized spacial score (nSPS) is 13.3. The fraction of sp³-hybridized carbons (Fsp3) is 0.734. The van der Waals surface area contributed by atoms with Crippen LogP contribution in [0.4, 0.5) is 0 Å². The van der Waals surface area contributed by atoms with E-state index in [0.717, 1.165) is 96.3 Å². The summed E-state index contributed by atoms with van der Waals surface area (Å²) in [5.41, 5.74) is 0. The van der Waals surface area contributed by atoms with Crippen LogP contribution >= 0.6 is 0 Å². The maximum atomic E-state index is 12.9. The summed E-state index contributed by atoms with van der Waals surface area (Å²) < 4.78 is 22.8. The minimum Gasteiger partial charge on any atom is -0.545 e. The molecule has 0 aliphatic rings. The van der Waals surface area contributed by atoms with Crippen molar-refractivity contribution < 1.29 is 42.9 Å². The number of hydrogen-bond acceptors (Lipinski definition) is 8. The lowest BCUT2D eigenvalue weighted by molar-refractivity contribution is -0.870. The second-order valence-corrected chi connectivity index (χ2v) is 25.5. The predicted molar refractivity (Wildman–Crippen MR) is 375 cm³/mol. The summed E-state index contributed by atoms with van der Waals surface area (Å²) in [5.74, 6) is -2.27. The molecule has 0 aromatic carbocycles. The number of carboxylic acid groups (broad SMARTS) is 1. The molecule has 506 valence electrons. The number of esters is 2. The molecular formula is C79H137NO8. The summed E-state index contributed by atoms with van der Waals surface area (Å²) in [4.78, 5) is 37.5. The van der Waals surface area contributed by atoms with Gasteiger partial charge >= 0.3 is 11.9 Å². The molecule has 9 heteroatoms. The van der Waals surface area contributed by atoms with Gasteiger partial charge in [-0.1, -0.05) is 329 Å². The first-order valence-electron chi connectivity index (χ1n) is 36.5. The van der Waals surface area contributed by atoms with Gasteiger partial charge in [-0.05, 0) is 83.5 Å². The molecule has 88 heavy (non-hydrogen) atoms. The van der Waals surface area contributed by atoms with E-state index < -0.39 is 24.3 Å². The quantitative estimate of drug-likeness (QED) is 0.0195. The SMILES string of the molecule is CC/C=C\C/C=C\C/C=C\C/C=C\C/C=C\C/C=C\C/C=C\C/C=C\C/C=C\CCCCCCCCCCCCCCCC(=O)OC(COC(=O)CCCCCCCCCCCCCCCCCCCCCCCC)COC(OCC[N+](C)(C)C)C(=O)[O-]. The number of carboxylic acids is 1. The van der Waals surface area contributed by atoms with Crippen LogP contribution in [0.5, 0.6) is 0 Å². The zero-order valence-electron chi connectivity index (χ0n) is 57.8. The second-order valence-electron chi connectivity index (χ2n) is 25.5. The Bertz CT molecular complexity index is 1810. The van der Waals surface area contributed by atoms with Gasteiger partial charge in [-0.25, -0.2) is 0 Å². The first kappa shape index (κ1) is 84.0. The van der Waals surface area contributed by atoms with Crippen molar-refractivity contribution in [2.45, 2.75) is 328 Å². The highest BCUT2D eigenvalue weighted by molar-refractivity contribution is 5.70. The lowest BCUT2D eigenvalue weighted by Crippen LogP contribution is -2.44. The highest BCUT2D eigenvalue weighted by atomic mass is 16.7. The molecule has 0 amide bonds. The van der Waals surface area contributed by atoms with Crippen LogP contribution in [0.2, 0.25) is 0 Å². The van der Waals surface area contributed by atoms with Gasteiger partial charge in [0.1, 0.15) is 13.2 Å². The molecule has 0 heterocycles. The maximum absolute atomic E-state index is 12.9. The third-order valence-electron chi connectivity index (χ3n) is 15.8. The van der Waals surface area contributed by atoms with E-state index in [2.05, 4.69) is 123 Å². The summed E-state index contributed by atoms with van der Waals surface area (Å²) in [5, 5.41) is 11.8. The van der Waals surface area contributed by atoms with Crippen molar-refractivity contribution in [2.75, 3.05) is 47.5 Å². The van der Waals surface area contributed by atoms with E-state index in [1.807, 2.05) is 21.1 Å². The van der Waals surface area contributed by atoms with Crippen LogP contribution in [0.25, 0.3) is 0 Å². The van der Waals surface area contributed by atoms with Crippen LogP contribution in [0.3, 0.4) is 0 Å². The molecule has 0 bridgehead atoms. The second kappa shape index (κ2) is 68.9. The Morgan fingerprint density at radius 2 is 0.648 bits per heavy atom. The van der Waals surface area contributed by atoms with Gasteiger partial charge < -0.3 is 33.3 Å². The van der Waals surface area contributed by atoms with E-state index in [1.54, 1.807) is 0 Å². The summed E-state index contributed by atoms with van der Waals surface area (Å²) >= 11 is 0. The lowest BCUT2D eigenvalue weighted by atomic mass is 10.0. The molecule has 9 nitrogen and oxygen atoms in total. The van der Waals surface area contributed by atoms with Crippen molar-refractivity contribution >= 4 is 17.9 Å². The molecule has 0 radical (unpaired) electrons. The molecular weight excluding hydrogens is 1090 g/mol. The Kier molecular flexibility index (Phi) is 65.7. The van der Waals surface area contributed by atoms with Gasteiger partial charge in [-0.3, -0.25) is 9.59 Å². The van der Waals surface area contributed by atoms with E-state index >= 15 is 0 Å². The van der Waals surface area contributed by atoms with Crippen LogP contribution < -0.4 is 5.11 Å². The molecule has 0 saturated heterocycles. The van der Waals surface area contributed by atoms with Gasteiger partial charge in [0.2, 0.25) is 0 Å². The number of allylic oxidation sites excluding steroid dienone is 18. The molecule has 0 spiro atoms. The zero-order chi connectivity index (χ0) is 64.0. The van der Waals surface area contributed by atoms with Gasteiger partial charge in [0.25, 0.3) is 0 Å². The molecule has 0 fully saturated rings. The Labute approximate surface area is 543 Å². The van der Waals surface area contributed by atoms with Gasteiger partial charge in [-0.15, -0.1) is 0 Å². The maximum Gasteiger partial charge on any atom is 0.306 e. The van der Waals surface area contributed by atoms with E-state index in [1.165, 1.54) is 186 Å².